The van der Waals surface area contributed by atoms with Gasteiger partial charge in [-0.1, -0.05) is 24.3 Å². The number of nitrogens with zero attached hydrogens (tertiary/aromatic N) is 1. The number of hydrogen-bond acceptors (Lipinski definition) is 4. The van der Waals surface area contributed by atoms with E-state index in [9.17, 15) is 26.4 Å². The largest absolute Gasteiger partial charge is 0.468 e. The molecule has 1 amide bonds. The second kappa shape index (κ2) is 9.17. The number of carbonyl (C=O) groups is 1. The zero-order valence-electron chi connectivity index (χ0n) is 17.3. The van der Waals surface area contributed by atoms with Crippen LogP contribution in [0.1, 0.15) is 32.8 Å². The van der Waals surface area contributed by atoms with Gasteiger partial charge in [0.05, 0.1) is 23.3 Å². The molecule has 0 fully saturated rings. The van der Waals surface area contributed by atoms with Crippen molar-refractivity contribution in [3.63, 3.8) is 0 Å². The number of carbonyl (C=O) groups excluding carboxylic acids is 1. The molecule has 6 nitrogen and oxygen atoms in total. The van der Waals surface area contributed by atoms with Crippen LogP contribution in [0.5, 0.6) is 0 Å². The van der Waals surface area contributed by atoms with Crippen LogP contribution in [0.25, 0.3) is 0 Å². The molecule has 0 spiro atoms. The van der Waals surface area contributed by atoms with Crippen LogP contribution in [0.3, 0.4) is 0 Å². The first-order chi connectivity index (χ1) is 15.0. The molecule has 1 N–H and O–H groups in total. The molecule has 0 aliphatic carbocycles. The average Bonchev–Trinajstić information content (AvgIpc) is 3.25. The molecule has 1 heterocycles. The van der Waals surface area contributed by atoms with Crippen LogP contribution in [-0.4, -0.2) is 26.3 Å². The molecule has 32 heavy (non-hydrogen) atoms. The molecule has 10 heteroatoms. The molecular formula is C22H21F3N2O4S. The maximum Gasteiger partial charge on any atom is 0.416 e. The van der Waals surface area contributed by atoms with Crippen LogP contribution in [0.2, 0.25) is 0 Å². The monoisotopic (exact) mass is 466 g/mol. The van der Waals surface area contributed by atoms with Gasteiger partial charge in [-0.25, -0.2) is 13.1 Å². The fourth-order valence-electron chi connectivity index (χ4n) is 3.13. The van der Waals surface area contributed by atoms with Crippen molar-refractivity contribution < 1.29 is 30.8 Å². The lowest BCUT2D eigenvalue weighted by atomic mass is 10.0. The molecule has 0 bridgehead atoms. The molecule has 0 unspecified atom stereocenters. The standard InChI is InChI=1S/C22H21F3N2O4S/c1-15-9-10-18(32(29,30)26-13-17-7-5-11-31-17)12-19(15)21(28)27(2)14-16-6-3-4-8-20(16)22(23,24)25/h3-12,26H,13-14H2,1-2H3. The van der Waals surface area contributed by atoms with Gasteiger partial charge in [-0.3, -0.25) is 4.79 Å². The van der Waals surface area contributed by atoms with E-state index >= 15 is 0 Å². The lowest BCUT2D eigenvalue weighted by Crippen LogP contribution is -2.29. The molecular weight excluding hydrogens is 445 g/mol. The zero-order valence-corrected chi connectivity index (χ0v) is 18.1. The van der Waals surface area contributed by atoms with Crippen LogP contribution in [-0.2, 0) is 29.3 Å². The maximum absolute atomic E-state index is 13.3. The fourth-order valence-corrected chi connectivity index (χ4v) is 4.15. The summed E-state index contributed by atoms with van der Waals surface area (Å²) in [5.41, 5.74) is -0.305. The maximum atomic E-state index is 13.3. The first-order valence-electron chi connectivity index (χ1n) is 9.52. The van der Waals surface area contributed by atoms with E-state index in [2.05, 4.69) is 4.72 Å². The Labute approximate surface area is 183 Å². The molecule has 0 aliphatic heterocycles. The second-order valence-corrected chi connectivity index (χ2v) is 8.96. The Bertz CT molecular complexity index is 1210. The summed E-state index contributed by atoms with van der Waals surface area (Å²) in [6.07, 6.45) is -3.14. The van der Waals surface area contributed by atoms with Gasteiger partial charge in [0, 0.05) is 19.2 Å². The van der Waals surface area contributed by atoms with Gasteiger partial charge in [0.25, 0.3) is 5.91 Å². The number of nitrogens with one attached hydrogen (secondary N) is 1. The van der Waals surface area contributed by atoms with Gasteiger partial charge in [-0.05, 0) is 48.4 Å². The van der Waals surface area contributed by atoms with Gasteiger partial charge in [0.1, 0.15) is 5.76 Å². The minimum Gasteiger partial charge on any atom is -0.468 e. The number of furan rings is 1. The van der Waals surface area contributed by atoms with Gasteiger partial charge in [0.2, 0.25) is 10.0 Å². The Morgan fingerprint density at radius 1 is 1.09 bits per heavy atom. The van der Waals surface area contributed by atoms with E-state index in [4.69, 9.17) is 4.42 Å². The van der Waals surface area contributed by atoms with Crippen molar-refractivity contribution >= 4 is 15.9 Å². The summed E-state index contributed by atoms with van der Waals surface area (Å²) in [5.74, 6) is -0.178. The molecule has 0 aliphatic rings. The van der Waals surface area contributed by atoms with Gasteiger partial charge < -0.3 is 9.32 Å². The zero-order chi connectivity index (χ0) is 23.5. The normalized spacial score (nSPS) is 12.0. The number of benzene rings is 2. The third kappa shape index (κ3) is 5.38. The Morgan fingerprint density at radius 2 is 1.81 bits per heavy atom. The average molecular weight is 466 g/mol. The van der Waals surface area contributed by atoms with Crippen LogP contribution < -0.4 is 4.72 Å². The summed E-state index contributed by atoms with van der Waals surface area (Å²) in [4.78, 5) is 14.0. The van der Waals surface area contributed by atoms with Crippen molar-refractivity contribution in [2.75, 3.05) is 7.05 Å². The van der Waals surface area contributed by atoms with Crippen LogP contribution in [0, 0.1) is 6.92 Å². The molecule has 3 aromatic rings. The number of alkyl halides is 3. The SMILES string of the molecule is Cc1ccc(S(=O)(=O)NCc2ccco2)cc1C(=O)N(C)Cc1ccccc1C(F)(F)F. The molecule has 0 saturated carbocycles. The number of amides is 1. The van der Waals surface area contributed by atoms with Crippen molar-refractivity contribution in [3.8, 4) is 0 Å². The minimum absolute atomic E-state index is 0.0580. The molecule has 3 rings (SSSR count). The summed E-state index contributed by atoms with van der Waals surface area (Å²) >= 11 is 0. The van der Waals surface area contributed by atoms with Crippen molar-refractivity contribution in [1.29, 1.82) is 0 Å². The molecule has 170 valence electrons. The van der Waals surface area contributed by atoms with Gasteiger partial charge >= 0.3 is 6.18 Å². The van der Waals surface area contributed by atoms with Crippen LogP contribution >= 0.6 is 0 Å². The third-order valence-corrected chi connectivity index (χ3v) is 6.24. The lowest BCUT2D eigenvalue weighted by Gasteiger charge is -2.21. The van der Waals surface area contributed by atoms with E-state index in [0.29, 0.717) is 11.3 Å². The first-order valence-corrected chi connectivity index (χ1v) is 11.0. The van der Waals surface area contributed by atoms with E-state index in [-0.39, 0.29) is 29.1 Å². The molecule has 0 radical (unpaired) electrons. The van der Waals surface area contributed by atoms with Crippen molar-refractivity contribution in [3.05, 3.63) is 88.9 Å². The number of aryl methyl sites for hydroxylation is 1. The number of rotatable bonds is 7. The highest BCUT2D eigenvalue weighted by Crippen LogP contribution is 2.32. The van der Waals surface area contributed by atoms with Crippen LogP contribution in [0.15, 0.2) is 70.2 Å². The predicted octanol–water partition coefficient (Wildman–Crippen LogP) is 4.36. The summed E-state index contributed by atoms with van der Waals surface area (Å²) < 4.78 is 72.5. The van der Waals surface area contributed by atoms with E-state index in [1.807, 2.05) is 0 Å². The van der Waals surface area contributed by atoms with E-state index in [1.165, 1.54) is 49.7 Å². The number of hydrogen-bond donors (Lipinski definition) is 1. The quantitative estimate of drug-likeness (QED) is 0.561. The highest BCUT2D eigenvalue weighted by atomic mass is 32.2. The molecule has 0 atom stereocenters. The van der Waals surface area contributed by atoms with Crippen molar-refractivity contribution in [1.82, 2.24) is 9.62 Å². The molecule has 1 aromatic heterocycles. The molecule has 2 aromatic carbocycles. The first kappa shape index (κ1) is 23.6. The highest BCUT2D eigenvalue weighted by molar-refractivity contribution is 7.89. The summed E-state index contributed by atoms with van der Waals surface area (Å²) in [7, 11) is -2.58. The topological polar surface area (TPSA) is 79.6 Å². The second-order valence-electron chi connectivity index (χ2n) is 7.20. The highest BCUT2D eigenvalue weighted by Gasteiger charge is 2.33. The number of halogens is 3. The Balaban J connectivity index is 1.83. The van der Waals surface area contributed by atoms with Gasteiger partial charge in [-0.15, -0.1) is 0 Å². The van der Waals surface area contributed by atoms with Gasteiger partial charge in [0.15, 0.2) is 0 Å². The Hall–Kier alpha value is -3.11. The van der Waals surface area contributed by atoms with Gasteiger partial charge in [-0.2, -0.15) is 13.2 Å². The third-order valence-electron chi connectivity index (χ3n) is 4.84. The van der Waals surface area contributed by atoms with Crippen LogP contribution in [0.4, 0.5) is 13.2 Å². The predicted molar refractivity (Wildman–Crippen MR) is 111 cm³/mol. The summed E-state index contributed by atoms with van der Waals surface area (Å²) in [6, 6.07) is 12.3. The van der Waals surface area contributed by atoms with E-state index in [0.717, 1.165) is 11.0 Å². The minimum atomic E-state index is -4.55. The van der Waals surface area contributed by atoms with Crippen molar-refractivity contribution in [2.45, 2.75) is 31.1 Å². The van der Waals surface area contributed by atoms with Crippen molar-refractivity contribution in [2.24, 2.45) is 0 Å². The van der Waals surface area contributed by atoms with E-state index < -0.39 is 27.7 Å². The fraction of sp³-hybridized carbons (Fsp3) is 0.227. The molecule has 0 saturated heterocycles. The number of sulfonamides is 1. The van der Waals surface area contributed by atoms with E-state index in [1.54, 1.807) is 19.1 Å². The smallest absolute Gasteiger partial charge is 0.416 e. The summed E-state index contributed by atoms with van der Waals surface area (Å²) in [6.45, 7) is 1.26. The lowest BCUT2D eigenvalue weighted by molar-refractivity contribution is -0.138. The Morgan fingerprint density at radius 3 is 2.47 bits per heavy atom. The summed E-state index contributed by atoms with van der Waals surface area (Å²) in [5, 5.41) is 0. The Kier molecular flexibility index (Phi) is 6.75.